The van der Waals surface area contributed by atoms with Crippen LogP contribution in [-0.2, 0) is 0 Å². The highest BCUT2D eigenvalue weighted by Crippen LogP contribution is 2.12. The lowest BCUT2D eigenvalue weighted by Gasteiger charge is -2.27. The molecule has 0 radical (unpaired) electrons. The summed E-state index contributed by atoms with van der Waals surface area (Å²) in [5, 5.41) is 20.3. The summed E-state index contributed by atoms with van der Waals surface area (Å²) in [6.45, 7) is 4.32. The fourth-order valence-electron chi connectivity index (χ4n) is 2.54. The highest BCUT2D eigenvalue weighted by molar-refractivity contribution is 7.01. The predicted octanol–water partition coefficient (Wildman–Crippen LogP) is 2.30. The van der Waals surface area contributed by atoms with E-state index in [-0.39, 0.29) is 11.1 Å². The molecule has 22 heavy (non-hydrogen) atoms. The van der Waals surface area contributed by atoms with Crippen LogP contribution in [0.15, 0.2) is 48.5 Å². The molecule has 2 N–H and O–H groups in total. The summed E-state index contributed by atoms with van der Waals surface area (Å²) in [5.41, 5.74) is 0.551. The van der Waals surface area contributed by atoms with Gasteiger partial charge in [0, 0.05) is 0 Å². The Kier molecular flexibility index (Phi) is 4.47. The molecule has 0 atom stereocenters. The SMILES string of the molecule is CC[Si](C)(c1ccc(C(=O)O)cc1)c1ccc(C(=O)O)cc1. The van der Waals surface area contributed by atoms with Crippen molar-refractivity contribution in [3.8, 4) is 0 Å². The first-order valence-electron chi connectivity index (χ1n) is 7.06. The van der Waals surface area contributed by atoms with Gasteiger partial charge in [-0.3, -0.25) is 0 Å². The van der Waals surface area contributed by atoms with Crippen LogP contribution in [0.2, 0.25) is 12.6 Å². The molecule has 0 saturated heterocycles. The highest BCUT2D eigenvalue weighted by atomic mass is 28.3. The number of carbonyl (C=O) groups is 2. The van der Waals surface area contributed by atoms with Crippen molar-refractivity contribution < 1.29 is 19.8 Å². The van der Waals surface area contributed by atoms with Crippen molar-refractivity contribution in [2.45, 2.75) is 19.5 Å². The van der Waals surface area contributed by atoms with Crippen LogP contribution >= 0.6 is 0 Å². The van der Waals surface area contributed by atoms with Crippen LogP contribution < -0.4 is 10.4 Å². The molecule has 2 rings (SSSR count). The van der Waals surface area contributed by atoms with Crippen LogP contribution in [0.1, 0.15) is 27.6 Å². The average molecular weight is 314 g/mol. The van der Waals surface area contributed by atoms with Crippen molar-refractivity contribution in [2.75, 3.05) is 0 Å². The van der Waals surface area contributed by atoms with Gasteiger partial charge in [0.2, 0.25) is 0 Å². The third-order valence-electron chi connectivity index (χ3n) is 4.25. The second-order valence-corrected chi connectivity index (χ2v) is 9.98. The molecule has 0 aliphatic heterocycles. The van der Waals surface area contributed by atoms with Crippen molar-refractivity contribution in [1.29, 1.82) is 0 Å². The van der Waals surface area contributed by atoms with Gasteiger partial charge in [0.1, 0.15) is 8.07 Å². The molecule has 0 bridgehead atoms. The fraction of sp³-hybridized carbons (Fsp3) is 0.176. The Bertz CT molecular complexity index is 632. The van der Waals surface area contributed by atoms with E-state index in [0.717, 1.165) is 16.4 Å². The molecule has 0 unspecified atom stereocenters. The first kappa shape index (κ1) is 16.0. The monoisotopic (exact) mass is 314 g/mol. The minimum absolute atomic E-state index is 0.275. The van der Waals surface area contributed by atoms with Gasteiger partial charge < -0.3 is 10.2 Å². The van der Waals surface area contributed by atoms with Gasteiger partial charge in [-0.2, -0.15) is 0 Å². The standard InChI is InChI=1S/C17H18O4Si/c1-3-22(2,14-8-4-12(5-9-14)16(18)19)15-10-6-13(7-11-15)17(20)21/h4-11H,3H2,1-2H3,(H,18,19)(H,20,21). The van der Waals surface area contributed by atoms with Gasteiger partial charge in [0.05, 0.1) is 11.1 Å². The summed E-state index contributed by atoms with van der Waals surface area (Å²) in [6.07, 6.45) is 0. The van der Waals surface area contributed by atoms with E-state index in [9.17, 15) is 9.59 Å². The van der Waals surface area contributed by atoms with Crippen molar-refractivity contribution in [3.05, 3.63) is 59.7 Å². The molecule has 0 amide bonds. The molecular weight excluding hydrogens is 296 g/mol. The van der Waals surface area contributed by atoms with Crippen molar-refractivity contribution in [2.24, 2.45) is 0 Å². The zero-order valence-electron chi connectivity index (χ0n) is 12.5. The molecule has 4 nitrogen and oxygen atoms in total. The molecule has 0 aliphatic carbocycles. The maximum absolute atomic E-state index is 11.0. The van der Waals surface area contributed by atoms with E-state index in [2.05, 4.69) is 13.5 Å². The van der Waals surface area contributed by atoms with Gasteiger partial charge in [-0.25, -0.2) is 9.59 Å². The van der Waals surface area contributed by atoms with E-state index in [1.54, 1.807) is 24.3 Å². The smallest absolute Gasteiger partial charge is 0.335 e. The van der Waals surface area contributed by atoms with Crippen molar-refractivity contribution in [3.63, 3.8) is 0 Å². The Morgan fingerprint density at radius 3 is 1.36 bits per heavy atom. The molecule has 0 saturated carbocycles. The average Bonchev–Trinajstić information content (AvgIpc) is 2.54. The van der Waals surface area contributed by atoms with Gasteiger partial charge in [-0.15, -0.1) is 0 Å². The van der Waals surface area contributed by atoms with E-state index in [1.165, 1.54) is 0 Å². The first-order chi connectivity index (χ1) is 10.4. The summed E-state index contributed by atoms with van der Waals surface area (Å²) in [4.78, 5) is 21.9. The Morgan fingerprint density at radius 1 is 0.818 bits per heavy atom. The van der Waals surface area contributed by atoms with Crippen LogP contribution in [-0.4, -0.2) is 30.2 Å². The number of aromatic carboxylic acids is 2. The number of carboxylic acids is 2. The minimum atomic E-state index is -1.98. The highest BCUT2D eigenvalue weighted by Gasteiger charge is 2.30. The lowest BCUT2D eigenvalue weighted by atomic mass is 10.2. The Balaban J connectivity index is 2.42. The van der Waals surface area contributed by atoms with Gasteiger partial charge in [0.15, 0.2) is 0 Å². The van der Waals surface area contributed by atoms with E-state index in [4.69, 9.17) is 10.2 Å². The van der Waals surface area contributed by atoms with Crippen molar-refractivity contribution in [1.82, 2.24) is 0 Å². The third-order valence-corrected chi connectivity index (χ3v) is 8.87. The molecular formula is C17H18O4Si. The maximum Gasteiger partial charge on any atom is 0.335 e. The van der Waals surface area contributed by atoms with Crippen LogP contribution in [0.3, 0.4) is 0 Å². The topological polar surface area (TPSA) is 74.6 Å². The van der Waals surface area contributed by atoms with Crippen molar-refractivity contribution >= 4 is 30.4 Å². The van der Waals surface area contributed by atoms with Gasteiger partial charge in [-0.05, 0) is 24.3 Å². The second-order valence-electron chi connectivity index (χ2n) is 5.45. The summed E-state index contributed by atoms with van der Waals surface area (Å²) in [7, 11) is -1.98. The normalized spacial score (nSPS) is 11.2. The quantitative estimate of drug-likeness (QED) is 0.830. The van der Waals surface area contributed by atoms with E-state index < -0.39 is 20.0 Å². The van der Waals surface area contributed by atoms with Gasteiger partial charge in [-0.1, -0.05) is 54.2 Å². The van der Waals surface area contributed by atoms with Crippen LogP contribution in [0.4, 0.5) is 0 Å². The maximum atomic E-state index is 11.0. The lowest BCUT2D eigenvalue weighted by Crippen LogP contribution is -2.55. The molecule has 0 heterocycles. The fourth-order valence-corrected chi connectivity index (χ4v) is 5.49. The Hall–Kier alpha value is -2.40. The van der Waals surface area contributed by atoms with Gasteiger partial charge in [0.25, 0.3) is 0 Å². The predicted molar refractivity (Wildman–Crippen MR) is 88.2 cm³/mol. The molecule has 114 valence electrons. The second kappa shape index (κ2) is 6.15. The number of hydrogen-bond donors (Lipinski definition) is 2. The summed E-state index contributed by atoms with van der Waals surface area (Å²) in [6, 6.07) is 15.0. The Morgan fingerprint density at radius 2 is 1.14 bits per heavy atom. The molecule has 2 aromatic carbocycles. The largest absolute Gasteiger partial charge is 0.478 e. The zero-order valence-corrected chi connectivity index (χ0v) is 13.5. The first-order valence-corrected chi connectivity index (χ1v) is 9.77. The molecule has 0 aromatic heterocycles. The van der Waals surface area contributed by atoms with Crippen LogP contribution in [0.5, 0.6) is 0 Å². The van der Waals surface area contributed by atoms with Gasteiger partial charge >= 0.3 is 11.9 Å². The van der Waals surface area contributed by atoms with E-state index in [0.29, 0.717) is 0 Å². The van der Waals surface area contributed by atoms with Crippen LogP contribution in [0.25, 0.3) is 0 Å². The molecule has 2 aromatic rings. The van der Waals surface area contributed by atoms with E-state index >= 15 is 0 Å². The number of rotatable bonds is 5. The number of hydrogen-bond acceptors (Lipinski definition) is 2. The Labute approximate surface area is 130 Å². The minimum Gasteiger partial charge on any atom is -0.478 e. The molecule has 0 aliphatic rings. The molecule has 0 fully saturated rings. The number of carboxylic acid groups (broad SMARTS) is 2. The third kappa shape index (κ3) is 2.94. The summed E-state index contributed by atoms with van der Waals surface area (Å²) < 4.78 is 0. The number of benzene rings is 2. The molecule has 0 spiro atoms. The lowest BCUT2D eigenvalue weighted by molar-refractivity contribution is 0.0686. The van der Waals surface area contributed by atoms with Crippen LogP contribution in [0, 0.1) is 0 Å². The zero-order chi connectivity index (χ0) is 16.3. The molecule has 5 heteroatoms. The van der Waals surface area contributed by atoms with E-state index in [1.807, 2.05) is 24.3 Å². The summed E-state index contributed by atoms with van der Waals surface area (Å²) >= 11 is 0. The summed E-state index contributed by atoms with van der Waals surface area (Å²) in [5.74, 6) is -1.87.